The van der Waals surface area contributed by atoms with Gasteiger partial charge in [0.15, 0.2) is 0 Å². The lowest BCUT2D eigenvalue weighted by atomic mass is 10.3. The third-order valence-electron chi connectivity index (χ3n) is 2.75. The maximum atomic E-state index is 9.76. The van der Waals surface area contributed by atoms with E-state index < -0.39 is 6.10 Å². The van der Waals surface area contributed by atoms with E-state index in [-0.39, 0.29) is 12.1 Å². The van der Waals surface area contributed by atoms with Crippen molar-refractivity contribution in [3.8, 4) is 0 Å². The van der Waals surface area contributed by atoms with Gasteiger partial charge < -0.3 is 20.3 Å². The highest BCUT2D eigenvalue weighted by atomic mass is 16.5. The SMILES string of the molecule is COCC(C)OCC(O)CN1CCC(N)C1. The summed E-state index contributed by atoms with van der Waals surface area (Å²) in [5.41, 5.74) is 5.79. The molecule has 1 rings (SSSR count). The normalized spacial score (nSPS) is 25.9. The molecule has 3 N–H and O–H groups in total. The molecule has 1 saturated heterocycles. The van der Waals surface area contributed by atoms with Gasteiger partial charge in [0.05, 0.1) is 25.4 Å². The number of methoxy groups -OCH3 is 1. The Balaban J connectivity index is 2.08. The van der Waals surface area contributed by atoms with Gasteiger partial charge >= 0.3 is 0 Å². The van der Waals surface area contributed by atoms with Crippen LogP contribution in [0, 0.1) is 0 Å². The van der Waals surface area contributed by atoms with Gasteiger partial charge in [-0.2, -0.15) is 0 Å². The van der Waals surface area contributed by atoms with E-state index in [1.807, 2.05) is 6.92 Å². The molecule has 16 heavy (non-hydrogen) atoms. The standard InChI is InChI=1S/C11H24N2O3/c1-9(7-15-2)16-8-11(14)6-13-4-3-10(12)5-13/h9-11,14H,3-8,12H2,1-2H3. The molecule has 5 nitrogen and oxygen atoms in total. The van der Waals surface area contributed by atoms with E-state index in [9.17, 15) is 5.11 Å². The highest BCUT2D eigenvalue weighted by molar-refractivity contribution is 4.79. The van der Waals surface area contributed by atoms with E-state index in [0.717, 1.165) is 19.5 Å². The molecule has 0 aromatic carbocycles. The lowest BCUT2D eigenvalue weighted by Gasteiger charge is -2.21. The summed E-state index contributed by atoms with van der Waals surface area (Å²) in [5.74, 6) is 0. The summed E-state index contributed by atoms with van der Waals surface area (Å²) in [4.78, 5) is 2.18. The van der Waals surface area contributed by atoms with Crippen LogP contribution in [0.3, 0.4) is 0 Å². The molecule has 96 valence electrons. The number of β-amino-alcohol motifs (C(OH)–C–C–N with tert-alkyl or cyclic N) is 1. The van der Waals surface area contributed by atoms with Crippen molar-refractivity contribution in [3.63, 3.8) is 0 Å². The fourth-order valence-electron chi connectivity index (χ4n) is 1.94. The Labute approximate surface area is 97.5 Å². The average molecular weight is 232 g/mol. The lowest BCUT2D eigenvalue weighted by Crippen LogP contribution is -2.36. The fourth-order valence-corrected chi connectivity index (χ4v) is 1.94. The quantitative estimate of drug-likeness (QED) is 0.615. The molecule has 3 unspecified atom stereocenters. The molecule has 0 aromatic rings. The molecule has 1 heterocycles. The molecule has 0 amide bonds. The van der Waals surface area contributed by atoms with Crippen LogP contribution in [0.25, 0.3) is 0 Å². The van der Waals surface area contributed by atoms with Gasteiger partial charge in [0.1, 0.15) is 0 Å². The van der Waals surface area contributed by atoms with Crippen LogP contribution in [-0.4, -0.2) is 68.2 Å². The molecular formula is C11H24N2O3. The summed E-state index contributed by atoms with van der Waals surface area (Å²) in [6.07, 6.45) is 0.610. The molecule has 0 aromatic heterocycles. The number of aliphatic hydroxyl groups excluding tert-OH is 1. The molecule has 1 aliphatic rings. The van der Waals surface area contributed by atoms with Gasteiger partial charge in [-0.05, 0) is 19.9 Å². The first-order valence-electron chi connectivity index (χ1n) is 5.88. The second-order valence-corrected chi connectivity index (χ2v) is 4.56. The molecular weight excluding hydrogens is 208 g/mol. The smallest absolute Gasteiger partial charge is 0.0900 e. The van der Waals surface area contributed by atoms with Crippen LogP contribution in [-0.2, 0) is 9.47 Å². The van der Waals surface area contributed by atoms with E-state index in [2.05, 4.69) is 4.90 Å². The van der Waals surface area contributed by atoms with E-state index >= 15 is 0 Å². The van der Waals surface area contributed by atoms with Gasteiger partial charge in [-0.3, -0.25) is 4.90 Å². The number of rotatable bonds is 7. The second-order valence-electron chi connectivity index (χ2n) is 4.56. The number of hydrogen-bond acceptors (Lipinski definition) is 5. The van der Waals surface area contributed by atoms with Crippen molar-refractivity contribution in [1.82, 2.24) is 4.90 Å². The zero-order valence-corrected chi connectivity index (χ0v) is 10.3. The number of ether oxygens (including phenoxy) is 2. The van der Waals surface area contributed by atoms with Crippen LogP contribution in [0.1, 0.15) is 13.3 Å². The molecule has 3 atom stereocenters. The highest BCUT2D eigenvalue weighted by Crippen LogP contribution is 2.07. The minimum absolute atomic E-state index is 0.0282. The molecule has 5 heteroatoms. The minimum atomic E-state index is -0.440. The third-order valence-corrected chi connectivity index (χ3v) is 2.75. The van der Waals surface area contributed by atoms with Crippen molar-refractivity contribution in [1.29, 1.82) is 0 Å². The number of nitrogens with zero attached hydrogens (tertiary/aromatic N) is 1. The summed E-state index contributed by atoms with van der Waals surface area (Å²) >= 11 is 0. The highest BCUT2D eigenvalue weighted by Gasteiger charge is 2.21. The van der Waals surface area contributed by atoms with Crippen molar-refractivity contribution in [3.05, 3.63) is 0 Å². The van der Waals surface area contributed by atoms with Crippen LogP contribution in [0.2, 0.25) is 0 Å². The molecule has 0 aliphatic carbocycles. The van der Waals surface area contributed by atoms with E-state index in [1.165, 1.54) is 0 Å². The van der Waals surface area contributed by atoms with Crippen molar-refractivity contribution >= 4 is 0 Å². The topological polar surface area (TPSA) is 68.0 Å². The van der Waals surface area contributed by atoms with E-state index in [0.29, 0.717) is 19.8 Å². The molecule has 1 fully saturated rings. The fraction of sp³-hybridized carbons (Fsp3) is 1.00. The Bertz CT molecular complexity index is 192. The van der Waals surface area contributed by atoms with E-state index in [1.54, 1.807) is 7.11 Å². The number of likely N-dealkylation sites (tertiary alicyclic amines) is 1. The lowest BCUT2D eigenvalue weighted by molar-refractivity contribution is -0.0382. The van der Waals surface area contributed by atoms with Crippen LogP contribution in [0.15, 0.2) is 0 Å². The summed E-state index contributed by atoms with van der Waals surface area (Å²) in [7, 11) is 1.64. The summed E-state index contributed by atoms with van der Waals surface area (Å²) in [5, 5.41) is 9.76. The minimum Gasteiger partial charge on any atom is -0.389 e. The Morgan fingerprint density at radius 2 is 2.25 bits per heavy atom. The van der Waals surface area contributed by atoms with Crippen LogP contribution < -0.4 is 5.73 Å². The zero-order chi connectivity index (χ0) is 12.0. The Kier molecular flexibility index (Phi) is 6.23. The molecule has 0 saturated carbocycles. The molecule has 0 bridgehead atoms. The molecule has 1 aliphatic heterocycles. The van der Waals surface area contributed by atoms with Crippen LogP contribution in [0.5, 0.6) is 0 Å². The second kappa shape index (κ2) is 7.19. The predicted octanol–water partition coefficient (Wildman–Crippen LogP) is -0.568. The molecule has 0 radical (unpaired) electrons. The number of hydrogen-bond donors (Lipinski definition) is 2. The largest absolute Gasteiger partial charge is 0.389 e. The number of nitrogens with two attached hydrogens (primary N) is 1. The first-order chi connectivity index (χ1) is 7.61. The summed E-state index contributed by atoms with van der Waals surface area (Å²) in [6, 6.07) is 0.264. The van der Waals surface area contributed by atoms with Crippen molar-refractivity contribution < 1.29 is 14.6 Å². The first kappa shape index (κ1) is 13.9. The third kappa shape index (κ3) is 5.23. The van der Waals surface area contributed by atoms with Gasteiger partial charge in [-0.25, -0.2) is 0 Å². The summed E-state index contributed by atoms with van der Waals surface area (Å²) in [6.45, 7) is 5.35. The van der Waals surface area contributed by atoms with Crippen LogP contribution in [0.4, 0.5) is 0 Å². The first-order valence-corrected chi connectivity index (χ1v) is 5.88. The van der Waals surface area contributed by atoms with Crippen molar-refractivity contribution in [2.24, 2.45) is 5.73 Å². The average Bonchev–Trinajstić information content (AvgIpc) is 2.61. The monoisotopic (exact) mass is 232 g/mol. The number of aliphatic hydroxyl groups is 1. The summed E-state index contributed by atoms with van der Waals surface area (Å²) < 4.78 is 10.4. The van der Waals surface area contributed by atoms with Gasteiger partial charge in [0.25, 0.3) is 0 Å². The van der Waals surface area contributed by atoms with E-state index in [4.69, 9.17) is 15.2 Å². The Morgan fingerprint density at radius 1 is 1.50 bits per heavy atom. The molecule has 0 spiro atoms. The van der Waals surface area contributed by atoms with Gasteiger partial charge in [0.2, 0.25) is 0 Å². The maximum Gasteiger partial charge on any atom is 0.0900 e. The maximum absolute atomic E-state index is 9.76. The predicted molar refractivity (Wildman–Crippen MR) is 62.3 cm³/mol. The van der Waals surface area contributed by atoms with Crippen molar-refractivity contribution in [2.75, 3.05) is 40.0 Å². The zero-order valence-electron chi connectivity index (χ0n) is 10.3. The van der Waals surface area contributed by atoms with Gasteiger partial charge in [-0.15, -0.1) is 0 Å². The van der Waals surface area contributed by atoms with Gasteiger partial charge in [0, 0.05) is 26.2 Å². The van der Waals surface area contributed by atoms with Gasteiger partial charge in [-0.1, -0.05) is 0 Å². The van der Waals surface area contributed by atoms with Crippen LogP contribution >= 0.6 is 0 Å². The van der Waals surface area contributed by atoms with Crippen molar-refractivity contribution in [2.45, 2.75) is 31.6 Å². The Hall–Kier alpha value is -0.200. The Morgan fingerprint density at radius 3 is 2.81 bits per heavy atom.